The lowest BCUT2D eigenvalue weighted by molar-refractivity contribution is -0.116. The summed E-state index contributed by atoms with van der Waals surface area (Å²) in [5.74, 6) is 0.0234. The number of para-hydroxylation sites is 1. The third-order valence-corrected chi connectivity index (χ3v) is 5.83. The molecule has 7 nitrogen and oxygen atoms in total. The summed E-state index contributed by atoms with van der Waals surface area (Å²) < 4.78 is 1.67. The maximum absolute atomic E-state index is 12.3. The molecule has 0 bridgehead atoms. The molecule has 1 heterocycles. The Hall–Kier alpha value is -2.26. The van der Waals surface area contributed by atoms with E-state index < -0.39 is 0 Å². The minimum Gasteiger partial charge on any atom is -0.324 e. The lowest BCUT2D eigenvalue weighted by Gasteiger charge is -2.08. The van der Waals surface area contributed by atoms with Crippen molar-refractivity contribution in [2.45, 2.75) is 11.6 Å². The maximum Gasteiger partial charge on any atom is 0.234 e. The number of nitrogens with zero attached hydrogens (tertiary/aromatic N) is 3. The highest BCUT2D eigenvalue weighted by molar-refractivity contribution is 7.99. The highest BCUT2D eigenvalue weighted by Gasteiger charge is 2.15. The molecule has 0 radical (unpaired) electrons. The van der Waals surface area contributed by atoms with Crippen LogP contribution in [-0.2, 0) is 23.1 Å². The number of carbonyl (C=O) groups is 2. The van der Waals surface area contributed by atoms with E-state index in [0.29, 0.717) is 37.4 Å². The van der Waals surface area contributed by atoms with Crippen molar-refractivity contribution in [3.8, 4) is 0 Å². The molecule has 0 unspecified atom stereocenters. The molecule has 0 saturated carbocycles. The summed E-state index contributed by atoms with van der Waals surface area (Å²) in [6.45, 7) is 0. The second-order valence-electron chi connectivity index (χ2n) is 6.12. The Morgan fingerprint density at radius 2 is 1.67 bits per heavy atom. The van der Waals surface area contributed by atoms with E-state index in [-0.39, 0.29) is 24.0 Å². The number of benzene rings is 2. The molecule has 3 rings (SSSR count). The molecule has 0 aliphatic rings. The van der Waals surface area contributed by atoms with E-state index in [9.17, 15) is 9.59 Å². The van der Waals surface area contributed by atoms with Crippen molar-refractivity contribution >= 4 is 69.8 Å². The molecule has 3 aromatic rings. The van der Waals surface area contributed by atoms with Gasteiger partial charge in [-0.15, -0.1) is 10.2 Å². The number of carbonyl (C=O) groups excluding carboxylic acids is 2. The SMILES string of the molecule is Cn1c(CC(=O)Nc2ccccc2Cl)nnc1SCC(=O)Nc1ccc(Cl)cc1Cl. The molecule has 11 heteroatoms. The van der Waals surface area contributed by atoms with Crippen LogP contribution >= 0.6 is 46.6 Å². The van der Waals surface area contributed by atoms with Crippen LogP contribution in [0.4, 0.5) is 11.4 Å². The van der Waals surface area contributed by atoms with E-state index >= 15 is 0 Å². The summed E-state index contributed by atoms with van der Waals surface area (Å²) in [5, 5.41) is 15.3. The van der Waals surface area contributed by atoms with Gasteiger partial charge in [0.2, 0.25) is 11.8 Å². The fourth-order valence-corrected chi connectivity index (χ4v) is 3.80. The number of nitrogens with one attached hydrogen (secondary N) is 2. The lowest BCUT2D eigenvalue weighted by atomic mass is 10.3. The smallest absolute Gasteiger partial charge is 0.234 e. The Labute approximate surface area is 192 Å². The molecular weight excluding hydrogens is 469 g/mol. The monoisotopic (exact) mass is 483 g/mol. The van der Waals surface area contributed by atoms with Gasteiger partial charge in [0, 0.05) is 12.1 Å². The normalized spacial score (nSPS) is 10.7. The molecule has 0 atom stereocenters. The molecule has 2 N–H and O–H groups in total. The molecule has 0 aliphatic carbocycles. The summed E-state index contributed by atoms with van der Waals surface area (Å²) >= 11 is 19.1. The van der Waals surface area contributed by atoms with Gasteiger partial charge in [-0.3, -0.25) is 9.59 Å². The molecule has 156 valence electrons. The molecule has 2 amide bonds. The first-order valence-corrected chi connectivity index (χ1v) is 10.8. The van der Waals surface area contributed by atoms with Gasteiger partial charge in [0.1, 0.15) is 5.82 Å². The summed E-state index contributed by atoms with van der Waals surface area (Å²) in [4.78, 5) is 24.5. The number of halogens is 3. The topological polar surface area (TPSA) is 88.9 Å². The minimum absolute atomic E-state index is 0.0157. The fraction of sp³-hybridized carbons (Fsp3) is 0.158. The quantitative estimate of drug-likeness (QED) is 0.475. The minimum atomic E-state index is -0.273. The Balaban J connectivity index is 1.55. The molecule has 30 heavy (non-hydrogen) atoms. The molecule has 0 spiro atoms. The zero-order valence-corrected chi connectivity index (χ0v) is 18.7. The van der Waals surface area contributed by atoms with E-state index in [1.807, 2.05) is 0 Å². The fourth-order valence-electron chi connectivity index (χ4n) is 2.43. The third-order valence-electron chi connectivity index (χ3n) is 3.93. The van der Waals surface area contributed by atoms with Gasteiger partial charge in [-0.1, -0.05) is 58.7 Å². The standard InChI is InChI=1S/C19H16Cl3N5O2S/c1-27-16(9-17(28)23-14-5-3-2-4-12(14)21)25-26-19(27)30-10-18(29)24-15-7-6-11(20)8-13(15)22/h2-8H,9-10H2,1H3,(H,23,28)(H,24,29). The van der Waals surface area contributed by atoms with Crippen LogP contribution in [0.2, 0.25) is 15.1 Å². The van der Waals surface area contributed by atoms with E-state index in [1.54, 1.807) is 54.1 Å². The van der Waals surface area contributed by atoms with Crippen molar-refractivity contribution in [1.82, 2.24) is 14.8 Å². The summed E-state index contributed by atoms with van der Waals surface area (Å²) in [6, 6.07) is 11.8. The number of anilines is 2. The number of hydrogen-bond acceptors (Lipinski definition) is 5. The van der Waals surface area contributed by atoms with Crippen LogP contribution in [0.15, 0.2) is 47.6 Å². The van der Waals surface area contributed by atoms with Crippen LogP contribution in [0.3, 0.4) is 0 Å². The van der Waals surface area contributed by atoms with E-state index in [1.165, 1.54) is 11.8 Å². The van der Waals surface area contributed by atoms with E-state index in [4.69, 9.17) is 34.8 Å². The van der Waals surface area contributed by atoms with Gasteiger partial charge in [-0.25, -0.2) is 0 Å². The van der Waals surface area contributed by atoms with Crippen molar-refractivity contribution in [3.05, 3.63) is 63.4 Å². The van der Waals surface area contributed by atoms with Gasteiger partial charge < -0.3 is 15.2 Å². The second kappa shape index (κ2) is 10.2. The van der Waals surface area contributed by atoms with Crippen molar-refractivity contribution in [2.75, 3.05) is 16.4 Å². The zero-order chi connectivity index (χ0) is 21.7. The van der Waals surface area contributed by atoms with Crippen LogP contribution in [0.5, 0.6) is 0 Å². The molecule has 2 aromatic carbocycles. The maximum atomic E-state index is 12.3. The van der Waals surface area contributed by atoms with Gasteiger partial charge in [0.25, 0.3) is 0 Å². The Kier molecular flexibility index (Phi) is 7.60. The van der Waals surface area contributed by atoms with Gasteiger partial charge in [-0.05, 0) is 30.3 Å². The lowest BCUT2D eigenvalue weighted by Crippen LogP contribution is -2.17. The first-order valence-electron chi connectivity index (χ1n) is 8.64. The summed E-state index contributed by atoms with van der Waals surface area (Å²) in [7, 11) is 1.73. The number of thioether (sulfide) groups is 1. The highest BCUT2D eigenvalue weighted by Crippen LogP contribution is 2.26. The molecule has 1 aromatic heterocycles. The van der Waals surface area contributed by atoms with Crippen LogP contribution in [0.25, 0.3) is 0 Å². The largest absolute Gasteiger partial charge is 0.324 e. The van der Waals surface area contributed by atoms with E-state index in [2.05, 4.69) is 20.8 Å². The number of amides is 2. The Morgan fingerprint density at radius 1 is 0.967 bits per heavy atom. The summed E-state index contributed by atoms with van der Waals surface area (Å²) in [5.41, 5.74) is 1.00. The Bertz CT molecular complexity index is 1090. The number of rotatable bonds is 7. The average molecular weight is 485 g/mol. The predicted octanol–water partition coefficient (Wildman–Crippen LogP) is 4.69. The number of aromatic nitrogens is 3. The molecule has 0 saturated heterocycles. The molecule has 0 fully saturated rings. The highest BCUT2D eigenvalue weighted by atomic mass is 35.5. The van der Waals surface area contributed by atoms with E-state index in [0.717, 1.165) is 0 Å². The first kappa shape index (κ1) is 22.4. The zero-order valence-electron chi connectivity index (χ0n) is 15.7. The van der Waals surface area contributed by atoms with Crippen molar-refractivity contribution in [3.63, 3.8) is 0 Å². The van der Waals surface area contributed by atoms with Crippen LogP contribution < -0.4 is 10.6 Å². The van der Waals surface area contributed by atoms with Gasteiger partial charge in [0.05, 0.1) is 33.6 Å². The van der Waals surface area contributed by atoms with Crippen LogP contribution in [0, 0.1) is 0 Å². The molecule has 0 aliphatic heterocycles. The van der Waals surface area contributed by atoms with Crippen molar-refractivity contribution in [1.29, 1.82) is 0 Å². The Morgan fingerprint density at radius 3 is 2.40 bits per heavy atom. The first-order chi connectivity index (χ1) is 14.3. The summed E-state index contributed by atoms with van der Waals surface area (Å²) in [6.07, 6.45) is 0.0157. The van der Waals surface area contributed by atoms with Crippen molar-refractivity contribution < 1.29 is 9.59 Å². The van der Waals surface area contributed by atoms with Gasteiger partial charge in [-0.2, -0.15) is 0 Å². The van der Waals surface area contributed by atoms with Crippen LogP contribution in [-0.4, -0.2) is 32.3 Å². The average Bonchev–Trinajstić information content (AvgIpc) is 3.04. The second-order valence-corrected chi connectivity index (χ2v) is 8.32. The molecular formula is C19H16Cl3N5O2S. The third kappa shape index (κ3) is 5.89. The van der Waals surface area contributed by atoms with Crippen LogP contribution in [0.1, 0.15) is 5.82 Å². The number of hydrogen-bond donors (Lipinski definition) is 2. The predicted molar refractivity (Wildman–Crippen MR) is 121 cm³/mol. The van der Waals surface area contributed by atoms with Crippen molar-refractivity contribution in [2.24, 2.45) is 7.05 Å². The van der Waals surface area contributed by atoms with Gasteiger partial charge in [0.15, 0.2) is 5.16 Å². The van der Waals surface area contributed by atoms with Gasteiger partial charge >= 0.3 is 0 Å².